The highest BCUT2D eigenvalue weighted by Crippen LogP contribution is 2.32. The fourth-order valence-electron chi connectivity index (χ4n) is 2.73. The van der Waals surface area contributed by atoms with Gasteiger partial charge in [-0.2, -0.15) is 0 Å². The van der Waals surface area contributed by atoms with Gasteiger partial charge in [-0.25, -0.2) is 0 Å². The third kappa shape index (κ3) is 3.95. The predicted octanol–water partition coefficient (Wildman–Crippen LogP) is 3.41. The molecule has 1 N–H and O–H groups in total. The lowest BCUT2D eigenvalue weighted by molar-refractivity contribution is -0.116. The van der Waals surface area contributed by atoms with Gasteiger partial charge >= 0.3 is 0 Å². The normalized spacial score (nSPS) is 16.7. The molecule has 0 aliphatic heterocycles. The average molecular weight is 245 g/mol. The zero-order valence-electron chi connectivity index (χ0n) is 11.2. The summed E-state index contributed by atoms with van der Waals surface area (Å²) in [5.74, 6) is 0.965. The molecule has 2 nitrogen and oxygen atoms in total. The average Bonchev–Trinajstić information content (AvgIpc) is 2.40. The van der Waals surface area contributed by atoms with Gasteiger partial charge in [0.2, 0.25) is 0 Å². The fourth-order valence-corrected chi connectivity index (χ4v) is 2.73. The third-order valence-corrected chi connectivity index (χ3v) is 3.76. The summed E-state index contributed by atoms with van der Waals surface area (Å²) in [6.45, 7) is 2.86. The van der Waals surface area contributed by atoms with Crippen molar-refractivity contribution in [1.82, 2.24) is 5.32 Å². The van der Waals surface area contributed by atoms with E-state index in [0.29, 0.717) is 6.54 Å². The molecule has 1 aromatic rings. The lowest BCUT2D eigenvalue weighted by Crippen LogP contribution is -2.20. The van der Waals surface area contributed by atoms with E-state index in [2.05, 4.69) is 29.6 Å². The Kier molecular flexibility index (Phi) is 4.94. The molecular formula is C16H23NO. The monoisotopic (exact) mass is 245 g/mol. The first-order valence-electron chi connectivity index (χ1n) is 7.04. The van der Waals surface area contributed by atoms with Gasteiger partial charge in [0.25, 0.3) is 0 Å². The van der Waals surface area contributed by atoms with Crippen LogP contribution in [0.3, 0.4) is 0 Å². The van der Waals surface area contributed by atoms with E-state index < -0.39 is 0 Å². The van der Waals surface area contributed by atoms with Crippen LogP contribution in [0.2, 0.25) is 0 Å². The summed E-state index contributed by atoms with van der Waals surface area (Å²) >= 11 is 0. The van der Waals surface area contributed by atoms with Crippen molar-refractivity contribution in [3.63, 3.8) is 0 Å². The first-order valence-corrected chi connectivity index (χ1v) is 7.04. The first kappa shape index (κ1) is 13.3. The molecule has 0 saturated heterocycles. The zero-order chi connectivity index (χ0) is 12.8. The van der Waals surface area contributed by atoms with Crippen LogP contribution in [0, 0.1) is 0 Å². The number of benzene rings is 1. The lowest BCUT2D eigenvalue weighted by Gasteiger charge is -2.22. The van der Waals surface area contributed by atoms with E-state index in [-0.39, 0.29) is 5.78 Å². The SMILES string of the molecule is CC(=O)CNCc1ccc(C2CCCCC2)cc1. The van der Waals surface area contributed by atoms with Gasteiger partial charge in [-0.1, -0.05) is 43.5 Å². The van der Waals surface area contributed by atoms with Gasteiger partial charge in [-0.05, 0) is 36.8 Å². The molecule has 98 valence electrons. The Morgan fingerprint density at radius 2 is 1.83 bits per heavy atom. The molecule has 1 aromatic carbocycles. The van der Waals surface area contributed by atoms with E-state index in [1.807, 2.05) is 0 Å². The number of carbonyl (C=O) groups excluding carboxylic acids is 1. The maximum atomic E-state index is 10.8. The molecule has 0 heterocycles. The van der Waals surface area contributed by atoms with Crippen LogP contribution in [0.4, 0.5) is 0 Å². The highest BCUT2D eigenvalue weighted by molar-refractivity contribution is 5.77. The van der Waals surface area contributed by atoms with E-state index in [9.17, 15) is 4.79 Å². The molecule has 0 radical (unpaired) electrons. The highest BCUT2D eigenvalue weighted by atomic mass is 16.1. The largest absolute Gasteiger partial charge is 0.306 e. The first-order chi connectivity index (χ1) is 8.75. The van der Waals surface area contributed by atoms with Crippen molar-refractivity contribution in [2.45, 2.75) is 51.5 Å². The van der Waals surface area contributed by atoms with Gasteiger partial charge in [0.05, 0.1) is 6.54 Å². The van der Waals surface area contributed by atoms with E-state index in [4.69, 9.17) is 0 Å². The van der Waals surface area contributed by atoms with Crippen LogP contribution in [0.15, 0.2) is 24.3 Å². The van der Waals surface area contributed by atoms with Crippen LogP contribution >= 0.6 is 0 Å². The van der Waals surface area contributed by atoms with Crippen LogP contribution in [0.25, 0.3) is 0 Å². The standard InChI is InChI=1S/C16H23NO/c1-13(18)11-17-12-14-7-9-16(10-8-14)15-5-3-2-4-6-15/h7-10,15,17H,2-6,11-12H2,1H3. The van der Waals surface area contributed by atoms with Gasteiger partial charge < -0.3 is 5.32 Å². The second-order valence-corrected chi connectivity index (χ2v) is 5.38. The topological polar surface area (TPSA) is 29.1 Å². The maximum absolute atomic E-state index is 10.8. The number of ketones is 1. The number of carbonyl (C=O) groups is 1. The van der Waals surface area contributed by atoms with Crippen molar-refractivity contribution in [1.29, 1.82) is 0 Å². The molecule has 2 rings (SSSR count). The quantitative estimate of drug-likeness (QED) is 0.861. The molecule has 1 aliphatic carbocycles. The predicted molar refractivity (Wildman–Crippen MR) is 74.7 cm³/mol. The molecule has 0 bridgehead atoms. The number of hydrogen-bond donors (Lipinski definition) is 1. The van der Waals surface area contributed by atoms with Crippen LogP contribution in [-0.4, -0.2) is 12.3 Å². The smallest absolute Gasteiger partial charge is 0.143 e. The number of hydrogen-bond acceptors (Lipinski definition) is 2. The Bertz CT molecular complexity index is 377. The van der Waals surface area contributed by atoms with E-state index >= 15 is 0 Å². The second kappa shape index (κ2) is 6.69. The van der Waals surface area contributed by atoms with E-state index in [1.54, 1.807) is 6.92 Å². The van der Waals surface area contributed by atoms with Crippen molar-refractivity contribution < 1.29 is 4.79 Å². The fraction of sp³-hybridized carbons (Fsp3) is 0.562. The molecule has 2 heteroatoms. The Labute approximate surface area is 110 Å². The van der Waals surface area contributed by atoms with Gasteiger partial charge in [0, 0.05) is 6.54 Å². The molecule has 1 fully saturated rings. The van der Waals surface area contributed by atoms with Gasteiger partial charge in [0.1, 0.15) is 5.78 Å². The Morgan fingerprint density at radius 3 is 2.44 bits per heavy atom. The molecule has 1 aliphatic rings. The van der Waals surface area contributed by atoms with Crippen LogP contribution in [0.1, 0.15) is 56.1 Å². The van der Waals surface area contributed by atoms with Gasteiger partial charge in [-0.3, -0.25) is 4.79 Å². The van der Waals surface area contributed by atoms with Crippen LogP contribution < -0.4 is 5.32 Å². The van der Waals surface area contributed by atoms with E-state index in [0.717, 1.165) is 12.5 Å². The minimum Gasteiger partial charge on any atom is -0.306 e. The number of nitrogens with one attached hydrogen (secondary N) is 1. The molecule has 1 saturated carbocycles. The van der Waals surface area contributed by atoms with Crippen molar-refractivity contribution in [2.75, 3.05) is 6.54 Å². The number of rotatable bonds is 5. The Balaban J connectivity index is 1.86. The zero-order valence-corrected chi connectivity index (χ0v) is 11.2. The second-order valence-electron chi connectivity index (χ2n) is 5.38. The van der Waals surface area contributed by atoms with Crippen molar-refractivity contribution >= 4 is 5.78 Å². The minimum absolute atomic E-state index is 0.189. The summed E-state index contributed by atoms with van der Waals surface area (Å²) in [4.78, 5) is 10.8. The molecule has 18 heavy (non-hydrogen) atoms. The van der Waals surface area contributed by atoms with Crippen LogP contribution in [0.5, 0.6) is 0 Å². The highest BCUT2D eigenvalue weighted by Gasteiger charge is 2.14. The molecule has 0 amide bonds. The summed E-state index contributed by atoms with van der Waals surface area (Å²) in [6.07, 6.45) is 6.87. The van der Waals surface area contributed by atoms with Crippen LogP contribution in [-0.2, 0) is 11.3 Å². The van der Waals surface area contributed by atoms with Crippen molar-refractivity contribution in [3.05, 3.63) is 35.4 Å². The van der Waals surface area contributed by atoms with Gasteiger partial charge in [0.15, 0.2) is 0 Å². The summed E-state index contributed by atoms with van der Waals surface area (Å²) < 4.78 is 0. The van der Waals surface area contributed by atoms with Gasteiger partial charge in [-0.15, -0.1) is 0 Å². The molecule has 0 atom stereocenters. The number of Topliss-reactive ketones (excluding diaryl/α,β-unsaturated/α-hetero) is 1. The molecular weight excluding hydrogens is 222 g/mol. The summed E-state index contributed by atoms with van der Waals surface area (Å²) in [5, 5.41) is 3.15. The van der Waals surface area contributed by atoms with E-state index in [1.165, 1.54) is 43.2 Å². The summed E-state index contributed by atoms with van der Waals surface area (Å²) in [7, 11) is 0. The molecule has 0 aromatic heterocycles. The molecule has 0 unspecified atom stereocenters. The maximum Gasteiger partial charge on any atom is 0.143 e. The third-order valence-electron chi connectivity index (χ3n) is 3.76. The van der Waals surface area contributed by atoms with Crippen molar-refractivity contribution in [3.8, 4) is 0 Å². The molecule has 0 spiro atoms. The Morgan fingerprint density at radius 1 is 1.17 bits per heavy atom. The Hall–Kier alpha value is -1.15. The minimum atomic E-state index is 0.189. The van der Waals surface area contributed by atoms with Crippen molar-refractivity contribution in [2.24, 2.45) is 0 Å². The lowest BCUT2D eigenvalue weighted by atomic mass is 9.84. The summed E-state index contributed by atoms with van der Waals surface area (Å²) in [6, 6.07) is 8.91. The summed E-state index contributed by atoms with van der Waals surface area (Å²) in [5.41, 5.74) is 2.75.